The van der Waals surface area contributed by atoms with Crippen LogP contribution in [0, 0.1) is 18.3 Å². The maximum atomic E-state index is 9.25. The van der Waals surface area contributed by atoms with E-state index in [0.717, 1.165) is 28.3 Å². The predicted molar refractivity (Wildman–Crippen MR) is 80.7 cm³/mol. The molecule has 0 atom stereocenters. The summed E-state index contributed by atoms with van der Waals surface area (Å²) in [5.41, 5.74) is 3.51. The standard InChI is InChI=1S/C17H16N2O2/c1-12-4-2-6-15(14(12)10-18)19-11-13-5-3-7-16-17(13)21-9-8-20-16/h2-7,19H,8-9,11H2,1H3. The van der Waals surface area contributed by atoms with Gasteiger partial charge in [0.15, 0.2) is 11.5 Å². The van der Waals surface area contributed by atoms with E-state index in [-0.39, 0.29) is 0 Å². The first-order chi connectivity index (χ1) is 10.3. The van der Waals surface area contributed by atoms with Crippen LogP contribution >= 0.6 is 0 Å². The van der Waals surface area contributed by atoms with Gasteiger partial charge in [-0.3, -0.25) is 0 Å². The first kappa shape index (κ1) is 13.3. The van der Waals surface area contributed by atoms with Gasteiger partial charge >= 0.3 is 0 Å². The quantitative estimate of drug-likeness (QED) is 0.937. The van der Waals surface area contributed by atoms with Crippen molar-refractivity contribution in [1.29, 1.82) is 5.26 Å². The van der Waals surface area contributed by atoms with E-state index in [4.69, 9.17) is 9.47 Å². The molecule has 0 saturated heterocycles. The first-order valence-electron chi connectivity index (χ1n) is 6.90. The van der Waals surface area contributed by atoms with Gasteiger partial charge in [0.05, 0.1) is 11.3 Å². The Morgan fingerprint density at radius 3 is 2.81 bits per heavy atom. The minimum absolute atomic E-state index is 0.567. The van der Waals surface area contributed by atoms with Gasteiger partial charge in [0.2, 0.25) is 0 Å². The molecule has 1 N–H and O–H groups in total. The normalized spacial score (nSPS) is 12.6. The summed E-state index contributed by atoms with van der Waals surface area (Å²) in [4.78, 5) is 0. The van der Waals surface area contributed by atoms with Crippen LogP contribution in [0.1, 0.15) is 16.7 Å². The monoisotopic (exact) mass is 280 g/mol. The molecule has 4 heteroatoms. The largest absolute Gasteiger partial charge is 0.486 e. The summed E-state index contributed by atoms with van der Waals surface area (Å²) in [6, 6.07) is 13.9. The van der Waals surface area contributed by atoms with Crippen molar-refractivity contribution in [2.45, 2.75) is 13.5 Å². The van der Waals surface area contributed by atoms with Crippen molar-refractivity contribution in [3.8, 4) is 17.6 Å². The summed E-state index contributed by atoms with van der Waals surface area (Å²) in [5, 5.41) is 12.6. The van der Waals surface area contributed by atoms with E-state index in [0.29, 0.717) is 25.3 Å². The molecular formula is C17H16N2O2. The second kappa shape index (κ2) is 5.76. The number of fused-ring (bicyclic) bond motifs is 1. The lowest BCUT2D eigenvalue weighted by atomic mass is 10.1. The average Bonchev–Trinajstić information content (AvgIpc) is 2.53. The smallest absolute Gasteiger partial charge is 0.166 e. The Labute approximate surface area is 123 Å². The molecule has 3 rings (SSSR count). The van der Waals surface area contributed by atoms with Gasteiger partial charge in [0.1, 0.15) is 19.3 Å². The van der Waals surface area contributed by atoms with Crippen molar-refractivity contribution < 1.29 is 9.47 Å². The van der Waals surface area contributed by atoms with E-state index in [1.54, 1.807) is 0 Å². The predicted octanol–water partition coefficient (Wildman–Crippen LogP) is 3.25. The van der Waals surface area contributed by atoms with Gasteiger partial charge in [-0.1, -0.05) is 24.3 Å². The van der Waals surface area contributed by atoms with Crippen molar-refractivity contribution >= 4 is 5.69 Å². The zero-order valence-electron chi connectivity index (χ0n) is 11.8. The van der Waals surface area contributed by atoms with E-state index >= 15 is 0 Å². The van der Waals surface area contributed by atoms with Crippen LogP contribution in [0.3, 0.4) is 0 Å². The average molecular weight is 280 g/mol. The Morgan fingerprint density at radius 1 is 1.14 bits per heavy atom. The third-order valence-electron chi connectivity index (χ3n) is 3.50. The fourth-order valence-electron chi connectivity index (χ4n) is 2.43. The number of nitriles is 1. The van der Waals surface area contributed by atoms with E-state index in [9.17, 15) is 5.26 Å². The van der Waals surface area contributed by atoms with Gasteiger partial charge in [-0.15, -0.1) is 0 Å². The van der Waals surface area contributed by atoms with Gasteiger partial charge in [0.25, 0.3) is 0 Å². The van der Waals surface area contributed by atoms with Crippen LogP contribution in [0.15, 0.2) is 36.4 Å². The fraction of sp³-hybridized carbons (Fsp3) is 0.235. The number of nitrogens with one attached hydrogen (secondary N) is 1. The maximum absolute atomic E-state index is 9.25. The second-order valence-corrected chi connectivity index (χ2v) is 4.90. The summed E-state index contributed by atoms with van der Waals surface area (Å²) in [6.45, 7) is 3.67. The number of rotatable bonds is 3. The number of para-hydroxylation sites is 1. The van der Waals surface area contributed by atoms with Crippen molar-refractivity contribution in [2.24, 2.45) is 0 Å². The molecule has 4 nitrogen and oxygen atoms in total. The second-order valence-electron chi connectivity index (χ2n) is 4.90. The first-order valence-corrected chi connectivity index (χ1v) is 6.90. The summed E-state index contributed by atoms with van der Waals surface area (Å²) in [7, 11) is 0. The van der Waals surface area contributed by atoms with Gasteiger partial charge < -0.3 is 14.8 Å². The number of nitrogens with zero attached hydrogens (tertiary/aromatic N) is 1. The van der Waals surface area contributed by atoms with Crippen molar-refractivity contribution in [3.05, 3.63) is 53.1 Å². The molecule has 1 aliphatic heterocycles. The highest BCUT2D eigenvalue weighted by molar-refractivity contribution is 5.61. The molecular weight excluding hydrogens is 264 g/mol. The van der Waals surface area contributed by atoms with E-state index in [1.807, 2.05) is 43.3 Å². The minimum Gasteiger partial charge on any atom is -0.486 e. The Hall–Kier alpha value is -2.67. The molecule has 0 unspecified atom stereocenters. The Balaban J connectivity index is 1.83. The van der Waals surface area contributed by atoms with E-state index < -0.39 is 0 Å². The SMILES string of the molecule is Cc1cccc(NCc2cccc3c2OCCO3)c1C#N. The molecule has 0 saturated carbocycles. The number of benzene rings is 2. The molecule has 0 amide bonds. The number of anilines is 1. The molecule has 1 aliphatic rings. The molecule has 2 aromatic rings. The van der Waals surface area contributed by atoms with E-state index in [1.165, 1.54) is 0 Å². The molecule has 1 heterocycles. The molecule has 2 aromatic carbocycles. The lowest BCUT2D eigenvalue weighted by molar-refractivity contribution is 0.170. The Kier molecular flexibility index (Phi) is 3.65. The highest BCUT2D eigenvalue weighted by Crippen LogP contribution is 2.34. The third kappa shape index (κ3) is 2.63. The van der Waals surface area contributed by atoms with Crippen LogP contribution in [0.2, 0.25) is 0 Å². The Bertz CT molecular complexity index is 704. The minimum atomic E-state index is 0.567. The number of hydrogen-bond acceptors (Lipinski definition) is 4. The van der Waals surface area contributed by atoms with Gasteiger partial charge in [-0.25, -0.2) is 0 Å². The summed E-state index contributed by atoms with van der Waals surface area (Å²) in [5.74, 6) is 1.58. The van der Waals surface area contributed by atoms with Gasteiger partial charge in [-0.05, 0) is 24.6 Å². The Morgan fingerprint density at radius 2 is 1.95 bits per heavy atom. The van der Waals surface area contributed by atoms with Crippen molar-refractivity contribution in [3.63, 3.8) is 0 Å². The summed E-state index contributed by atoms with van der Waals surface area (Å²) < 4.78 is 11.3. The highest BCUT2D eigenvalue weighted by Gasteiger charge is 2.15. The molecule has 0 aromatic heterocycles. The number of hydrogen-bond donors (Lipinski definition) is 1. The molecule has 0 fully saturated rings. The molecule has 106 valence electrons. The van der Waals surface area contributed by atoms with Crippen LogP contribution in [0.5, 0.6) is 11.5 Å². The van der Waals surface area contributed by atoms with Crippen LogP contribution in [0.4, 0.5) is 5.69 Å². The van der Waals surface area contributed by atoms with Crippen molar-refractivity contribution in [2.75, 3.05) is 18.5 Å². The molecule has 0 radical (unpaired) electrons. The number of ether oxygens (including phenoxy) is 2. The van der Waals surface area contributed by atoms with Crippen molar-refractivity contribution in [1.82, 2.24) is 0 Å². The van der Waals surface area contributed by atoms with Crippen LogP contribution in [0.25, 0.3) is 0 Å². The molecule has 0 bridgehead atoms. The molecule has 0 spiro atoms. The third-order valence-corrected chi connectivity index (χ3v) is 3.50. The highest BCUT2D eigenvalue weighted by atomic mass is 16.6. The topological polar surface area (TPSA) is 54.3 Å². The van der Waals surface area contributed by atoms with Gasteiger partial charge in [0, 0.05) is 12.1 Å². The van der Waals surface area contributed by atoms with E-state index in [2.05, 4.69) is 11.4 Å². The van der Waals surface area contributed by atoms with Crippen LogP contribution in [-0.2, 0) is 6.54 Å². The zero-order valence-corrected chi connectivity index (χ0v) is 11.8. The fourth-order valence-corrected chi connectivity index (χ4v) is 2.43. The van der Waals surface area contributed by atoms with Gasteiger partial charge in [-0.2, -0.15) is 5.26 Å². The molecule has 21 heavy (non-hydrogen) atoms. The van der Waals surface area contributed by atoms with Crippen LogP contribution in [-0.4, -0.2) is 13.2 Å². The zero-order chi connectivity index (χ0) is 14.7. The lowest BCUT2D eigenvalue weighted by Crippen LogP contribution is -2.17. The summed E-state index contributed by atoms with van der Waals surface area (Å²) in [6.07, 6.45) is 0. The maximum Gasteiger partial charge on any atom is 0.166 e. The van der Waals surface area contributed by atoms with Crippen LogP contribution < -0.4 is 14.8 Å². The summed E-state index contributed by atoms with van der Waals surface area (Å²) >= 11 is 0. The lowest BCUT2D eigenvalue weighted by Gasteiger charge is -2.21. The number of aryl methyl sites for hydroxylation is 1. The molecule has 0 aliphatic carbocycles.